The van der Waals surface area contributed by atoms with Crippen molar-refractivity contribution in [2.45, 2.75) is 6.42 Å². The van der Waals surface area contributed by atoms with Crippen LogP contribution >= 0.6 is 0 Å². The fraction of sp³-hybridized carbons (Fsp3) is 0.0526. The second-order valence-corrected chi connectivity index (χ2v) is 5.07. The number of esters is 2. The SMILES string of the molecule is Nc1ccc(/C=C/CC(=O)OC(=O)/C=C/c2ccc(N)cc2)cc1. The summed E-state index contributed by atoms with van der Waals surface area (Å²) in [6.45, 7) is 0. The number of nitrogen functional groups attached to an aromatic ring is 2. The van der Waals surface area contributed by atoms with E-state index in [1.165, 1.54) is 6.08 Å². The predicted molar refractivity (Wildman–Crippen MR) is 95.5 cm³/mol. The van der Waals surface area contributed by atoms with Crippen LogP contribution < -0.4 is 11.5 Å². The minimum Gasteiger partial charge on any atom is -0.399 e. The van der Waals surface area contributed by atoms with Crippen LogP contribution in [0, 0.1) is 0 Å². The zero-order valence-corrected chi connectivity index (χ0v) is 13.0. The van der Waals surface area contributed by atoms with E-state index in [1.54, 1.807) is 54.6 Å². The molecule has 0 aromatic heterocycles. The largest absolute Gasteiger partial charge is 0.399 e. The molecule has 5 heteroatoms. The summed E-state index contributed by atoms with van der Waals surface area (Å²) in [5.74, 6) is -1.33. The normalized spacial score (nSPS) is 11.0. The van der Waals surface area contributed by atoms with Crippen LogP contribution in [0.2, 0.25) is 0 Å². The molecule has 0 heterocycles. The summed E-state index contributed by atoms with van der Waals surface area (Å²) in [6.07, 6.45) is 6.15. The summed E-state index contributed by atoms with van der Waals surface area (Å²) >= 11 is 0. The third kappa shape index (κ3) is 5.81. The van der Waals surface area contributed by atoms with Gasteiger partial charge in [-0.2, -0.15) is 0 Å². The summed E-state index contributed by atoms with van der Waals surface area (Å²) in [5, 5.41) is 0. The number of anilines is 2. The van der Waals surface area contributed by atoms with E-state index < -0.39 is 11.9 Å². The Bertz CT molecular complexity index is 760. The molecule has 0 saturated heterocycles. The Morgan fingerprint density at radius 1 is 0.833 bits per heavy atom. The molecule has 0 atom stereocenters. The number of ether oxygens (including phenoxy) is 1. The van der Waals surface area contributed by atoms with E-state index in [0.717, 1.165) is 11.1 Å². The van der Waals surface area contributed by atoms with E-state index in [2.05, 4.69) is 0 Å². The van der Waals surface area contributed by atoms with Crippen LogP contribution in [0.25, 0.3) is 12.2 Å². The highest BCUT2D eigenvalue weighted by molar-refractivity contribution is 5.95. The minimum atomic E-state index is -0.710. The van der Waals surface area contributed by atoms with E-state index in [4.69, 9.17) is 16.2 Å². The van der Waals surface area contributed by atoms with Gasteiger partial charge in [-0.25, -0.2) is 4.79 Å². The van der Waals surface area contributed by atoms with Gasteiger partial charge in [0, 0.05) is 17.5 Å². The van der Waals surface area contributed by atoms with Crippen LogP contribution in [0.3, 0.4) is 0 Å². The first kappa shape index (κ1) is 17.0. The zero-order valence-electron chi connectivity index (χ0n) is 13.0. The minimum absolute atomic E-state index is 0.00578. The van der Waals surface area contributed by atoms with Gasteiger partial charge in [0.2, 0.25) is 0 Å². The van der Waals surface area contributed by atoms with Crippen molar-refractivity contribution in [1.82, 2.24) is 0 Å². The molecule has 0 spiro atoms. The maximum atomic E-state index is 11.6. The molecule has 24 heavy (non-hydrogen) atoms. The summed E-state index contributed by atoms with van der Waals surface area (Å²) < 4.78 is 4.69. The van der Waals surface area contributed by atoms with Crippen molar-refractivity contribution in [1.29, 1.82) is 0 Å². The van der Waals surface area contributed by atoms with Gasteiger partial charge in [-0.15, -0.1) is 0 Å². The number of hydrogen-bond acceptors (Lipinski definition) is 5. The molecule has 2 aromatic rings. The van der Waals surface area contributed by atoms with Crippen molar-refractivity contribution in [2.24, 2.45) is 0 Å². The highest BCUT2D eigenvalue weighted by Gasteiger charge is 2.05. The highest BCUT2D eigenvalue weighted by Crippen LogP contribution is 2.08. The average Bonchev–Trinajstić information content (AvgIpc) is 2.56. The lowest BCUT2D eigenvalue weighted by Crippen LogP contribution is -2.08. The van der Waals surface area contributed by atoms with Gasteiger partial charge in [0.15, 0.2) is 0 Å². The lowest BCUT2D eigenvalue weighted by molar-refractivity contribution is -0.155. The van der Waals surface area contributed by atoms with Crippen LogP contribution in [0.5, 0.6) is 0 Å². The summed E-state index contributed by atoms with van der Waals surface area (Å²) in [7, 11) is 0. The summed E-state index contributed by atoms with van der Waals surface area (Å²) in [6, 6.07) is 14.2. The maximum Gasteiger partial charge on any atom is 0.338 e. The number of benzene rings is 2. The van der Waals surface area contributed by atoms with E-state index >= 15 is 0 Å². The second-order valence-electron chi connectivity index (χ2n) is 5.07. The van der Waals surface area contributed by atoms with Crippen molar-refractivity contribution >= 4 is 35.5 Å². The fourth-order valence-electron chi connectivity index (χ4n) is 1.86. The second kappa shape index (κ2) is 8.33. The van der Waals surface area contributed by atoms with Gasteiger partial charge in [0.25, 0.3) is 0 Å². The van der Waals surface area contributed by atoms with Crippen molar-refractivity contribution in [2.75, 3.05) is 11.5 Å². The molecule has 0 bridgehead atoms. The molecule has 2 rings (SSSR count). The van der Waals surface area contributed by atoms with Gasteiger partial charge in [-0.1, -0.05) is 36.4 Å². The number of rotatable bonds is 5. The molecule has 0 saturated carbocycles. The standard InChI is InChI=1S/C19H18N2O3/c20-16-9-4-14(5-10-16)2-1-3-18(22)24-19(23)13-8-15-6-11-17(21)12-7-15/h1-2,4-13H,3,20-21H2/b2-1+,13-8+. The zero-order chi connectivity index (χ0) is 17.4. The molecular weight excluding hydrogens is 304 g/mol. The quantitative estimate of drug-likeness (QED) is 0.382. The number of nitrogens with two attached hydrogens (primary N) is 2. The van der Waals surface area contributed by atoms with Crippen LogP contribution in [0.15, 0.2) is 60.7 Å². The Morgan fingerprint density at radius 3 is 1.88 bits per heavy atom. The van der Waals surface area contributed by atoms with E-state index in [0.29, 0.717) is 11.4 Å². The topological polar surface area (TPSA) is 95.4 Å². The van der Waals surface area contributed by atoms with Crippen LogP contribution in [0.4, 0.5) is 11.4 Å². The fourth-order valence-corrected chi connectivity index (χ4v) is 1.86. The van der Waals surface area contributed by atoms with Crippen molar-refractivity contribution < 1.29 is 14.3 Å². The molecular formula is C19H18N2O3. The number of carbonyl (C=O) groups is 2. The maximum absolute atomic E-state index is 11.6. The van der Waals surface area contributed by atoms with Gasteiger partial charge in [-0.3, -0.25) is 4.79 Å². The lowest BCUT2D eigenvalue weighted by Gasteiger charge is -1.98. The van der Waals surface area contributed by atoms with Crippen molar-refractivity contribution in [3.8, 4) is 0 Å². The predicted octanol–water partition coefficient (Wildman–Crippen LogP) is 3.04. The first-order chi connectivity index (χ1) is 11.5. The number of carbonyl (C=O) groups excluding carboxylic acids is 2. The smallest absolute Gasteiger partial charge is 0.338 e. The van der Waals surface area contributed by atoms with Gasteiger partial charge in [-0.05, 0) is 41.5 Å². The van der Waals surface area contributed by atoms with E-state index in [-0.39, 0.29) is 6.42 Å². The first-order valence-electron chi connectivity index (χ1n) is 7.33. The Morgan fingerprint density at radius 2 is 1.33 bits per heavy atom. The Kier molecular flexibility index (Phi) is 5.91. The average molecular weight is 322 g/mol. The van der Waals surface area contributed by atoms with Gasteiger partial charge in [0.1, 0.15) is 0 Å². The van der Waals surface area contributed by atoms with Crippen molar-refractivity contribution in [3.05, 3.63) is 71.8 Å². The molecule has 0 radical (unpaired) electrons. The van der Waals surface area contributed by atoms with Gasteiger partial charge >= 0.3 is 11.9 Å². The first-order valence-corrected chi connectivity index (χ1v) is 7.33. The summed E-state index contributed by atoms with van der Waals surface area (Å²) in [5.41, 5.74) is 14.2. The number of hydrogen-bond donors (Lipinski definition) is 2. The Labute approximate surface area is 140 Å². The Hall–Kier alpha value is -3.34. The van der Waals surface area contributed by atoms with Crippen LogP contribution in [-0.4, -0.2) is 11.9 Å². The molecule has 5 nitrogen and oxygen atoms in total. The highest BCUT2D eigenvalue weighted by atomic mass is 16.6. The van der Waals surface area contributed by atoms with Crippen LogP contribution in [0.1, 0.15) is 17.5 Å². The lowest BCUT2D eigenvalue weighted by atomic mass is 10.2. The molecule has 0 aliphatic rings. The van der Waals surface area contributed by atoms with Crippen LogP contribution in [-0.2, 0) is 14.3 Å². The van der Waals surface area contributed by atoms with E-state index in [9.17, 15) is 9.59 Å². The Balaban J connectivity index is 1.80. The third-order valence-electron chi connectivity index (χ3n) is 3.09. The van der Waals surface area contributed by atoms with E-state index in [1.807, 2.05) is 12.1 Å². The third-order valence-corrected chi connectivity index (χ3v) is 3.09. The van der Waals surface area contributed by atoms with Crippen molar-refractivity contribution in [3.63, 3.8) is 0 Å². The monoisotopic (exact) mass is 322 g/mol. The molecule has 4 N–H and O–H groups in total. The molecule has 0 unspecified atom stereocenters. The molecule has 0 fully saturated rings. The summed E-state index contributed by atoms with van der Waals surface area (Å²) in [4.78, 5) is 23.2. The molecule has 2 aromatic carbocycles. The van der Waals surface area contributed by atoms with Gasteiger partial charge in [0.05, 0.1) is 6.42 Å². The molecule has 0 amide bonds. The molecule has 0 aliphatic heterocycles. The molecule has 0 aliphatic carbocycles. The molecule has 122 valence electrons. The van der Waals surface area contributed by atoms with Gasteiger partial charge < -0.3 is 16.2 Å².